The van der Waals surface area contributed by atoms with Crippen LogP contribution in [0.2, 0.25) is 10.0 Å². The summed E-state index contributed by atoms with van der Waals surface area (Å²) in [5.41, 5.74) is 1.42. The van der Waals surface area contributed by atoms with E-state index in [9.17, 15) is 9.59 Å². The fraction of sp³-hybridized carbons (Fsp3) is 0.0909. The lowest BCUT2D eigenvalue weighted by Gasteiger charge is -2.09. The van der Waals surface area contributed by atoms with Gasteiger partial charge in [0.15, 0.2) is 12.4 Å². The van der Waals surface area contributed by atoms with Crippen LogP contribution >= 0.6 is 23.2 Å². The molecule has 0 saturated heterocycles. The zero-order valence-corrected chi connectivity index (χ0v) is 17.0. The van der Waals surface area contributed by atoms with Crippen molar-refractivity contribution in [3.63, 3.8) is 0 Å². The Hall–Kier alpha value is -3.02. The third-order valence-electron chi connectivity index (χ3n) is 4.07. The number of carbonyl (C=O) groups is 2. The Labute approximate surface area is 178 Å². The number of halogens is 2. The van der Waals surface area contributed by atoms with Gasteiger partial charge in [-0.25, -0.2) is 0 Å². The van der Waals surface area contributed by atoms with Crippen molar-refractivity contribution in [2.24, 2.45) is 0 Å². The van der Waals surface area contributed by atoms with Gasteiger partial charge < -0.3 is 14.8 Å². The maximum atomic E-state index is 12.3. The highest BCUT2D eigenvalue weighted by molar-refractivity contribution is 6.37. The first-order chi connectivity index (χ1) is 14.0. The Morgan fingerprint density at radius 1 is 0.897 bits per heavy atom. The molecule has 5 nitrogen and oxygen atoms in total. The van der Waals surface area contributed by atoms with Crippen LogP contribution in [0.4, 0.5) is 5.69 Å². The molecule has 0 unspecified atom stereocenters. The molecule has 0 aliphatic heterocycles. The maximum Gasteiger partial charge on any atom is 0.257 e. The summed E-state index contributed by atoms with van der Waals surface area (Å²) in [4.78, 5) is 24.5. The number of nitrogens with one attached hydrogen (secondary N) is 1. The summed E-state index contributed by atoms with van der Waals surface area (Å²) >= 11 is 11.9. The van der Waals surface area contributed by atoms with Crippen molar-refractivity contribution in [3.8, 4) is 11.5 Å². The van der Waals surface area contributed by atoms with Crippen LogP contribution in [0.3, 0.4) is 0 Å². The van der Waals surface area contributed by atoms with Crippen LogP contribution in [0.15, 0.2) is 66.7 Å². The number of hydrogen-bond donors (Lipinski definition) is 1. The first-order valence-corrected chi connectivity index (χ1v) is 9.38. The number of ketones is 1. The number of Topliss-reactive ketones (excluding diaryl/α,β-unsaturated/α-hetero) is 1. The fourth-order valence-corrected chi connectivity index (χ4v) is 3.01. The third kappa shape index (κ3) is 5.50. The van der Waals surface area contributed by atoms with Crippen LogP contribution in [0, 0.1) is 0 Å². The van der Waals surface area contributed by atoms with E-state index in [-0.39, 0.29) is 23.3 Å². The molecule has 0 fully saturated rings. The number of ether oxygens (including phenoxy) is 2. The molecule has 0 saturated carbocycles. The van der Waals surface area contributed by atoms with Crippen LogP contribution in [0.1, 0.15) is 20.7 Å². The average Bonchev–Trinajstić information content (AvgIpc) is 2.73. The molecular formula is C22H17Cl2NO4. The highest BCUT2D eigenvalue weighted by atomic mass is 35.5. The molecule has 1 N–H and O–H groups in total. The van der Waals surface area contributed by atoms with Crippen molar-refractivity contribution < 1.29 is 19.1 Å². The Morgan fingerprint density at radius 2 is 1.55 bits per heavy atom. The number of carbonyl (C=O) groups excluding carboxylic acids is 2. The van der Waals surface area contributed by atoms with Gasteiger partial charge in [-0.1, -0.05) is 23.2 Å². The van der Waals surface area contributed by atoms with Crippen molar-refractivity contribution in [1.29, 1.82) is 0 Å². The lowest BCUT2D eigenvalue weighted by Crippen LogP contribution is -2.13. The molecule has 0 aliphatic carbocycles. The summed E-state index contributed by atoms with van der Waals surface area (Å²) in [7, 11) is 1.57. The lowest BCUT2D eigenvalue weighted by molar-refractivity contribution is 0.0921. The monoisotopic (exact) mass is 429 g/mol. The minimum Gasteiger partial charge on any atom is -0.497 e. The molecular weight excluding hydrogens is 413 g/mol. The quantitative estimate of drug-likeness (QED) is 0.502. The van der Waals surface area contributed by atoms with Gasteiger partial charge in [-0.3, -0.25) is 9.59 Å². The van der Waals surface area contributed by atoms with E-state index >= 15 is 0 Å². The lowest BCUT2D eigenvalue weighted by atomic mass is 10.1. The molecule has 1 amide bonds. The molecule has 3 rings (SSSR count). The van der Waals surface area contributed by atoms with Crippen molar-refractivity contribution in [1.82, 2.24) is 0 Å². The summed E-state index contributed by atoms with van der Waals surface area (Å²) in [5.74, 6) is 0.687. The van der Waals surface area contributed by atoms with Crippen molar-refractivity contribution in [3.05, 3.63) is 87.9 Å². The van der Waals surface area contributed by atoms with E-state index in [0.29, 0.717) is 33.3 Å². The van der Waals surface area contributed by atoms with Gasteiger partial charge in [0.25, 0.3) is 5.91 Å². The zero-order chi connectivity index (χ0) is 20.8. The second-order valence-electron chi connectivity index (χ2n) is 6.04. The summed E-state index contributed by atoms with van der Waals surface area (Å²) in [5, 5.41) is 3.47. The number of amides is 1. The van der Waals surface area contributed by atoms with E-state index in [1.165, 1.54) is 6.07 Å². The molecule has 0 radical (unpaired) electrons. The van der Waals surface area contributed by atoms with Gasteiger partial charge >= 0.3 is 0 Å². The van der Waals surface area contributed by atoms with Gasteiger partial charge in [0.05, 0.1) is 17.7 Å². The van der Waals surface area contributed by atoms with E-state index in [1.807, 2.05) is 0 Å². The predicted molar refractivity (Wildman–Crippen MR) is 114 cm³/mol. The number of hydrogen-bond acceptors (Lipinski definition) is 4. The summed E-state index contributed by atoms with van der Waals surface area (Å²) in [6, 6.07) is 18.2. The van der Waals surface area contributed by atoms with Gasteiger partial charge in [0.1, 0.15) is 11.5 Å². The third-order valence-corrected chi connectivity index (χ3v) is 4.62. The predicted octanol–water partition coefficient (Wildman–Crippen LogP) is 5.52. The van der Waals surface area contributed by atoms with E-state index in [4.69, 9.17) is 32.7 Å². The molecule has 0 aliphatic rings. The molecule has 3 aromatic carbocycles. The van der Waals surface area contributed by atoms with E-state index in [2.05, 4.69) is 5.32 Å². The van der Waals surface area contributed by atoms with Crippen molar-refractivity contribution >= 4 is 40.6 Å². The van der Waals surface area contributed by atoms with E-state index in [0.717, 1.165) is 0 Å². The smallest absolute Gasteiger partial charge is 0.257 e. The molecule has 0 bridgehead atoms. The first kappa shape index (κ1) is 20.7. The van der Waals surface area contributed by atoms with Crippen LogP contribution in [-0.2, 0) is 0 Å². The summed E-state index contributed by atoms with van der Waals surface area (Å²) in [6.45, 7) is -0.0988. The number of benzene rings is 3. The summed E-state index contributed by atoms with van der Waals surface area (Å²) < 4.78 is 10.6. The molecule has 0 atom stereocenters. The molecule has 0 aromatic heterocycles. The van der Waals surface area contributed by atoms with Gasteiger partial charge in [0.2, 0.25) is 0 Å². The number of anilines is 1. The fourth-order valence-electron chi connectivity index (χ4n) is 2.52. The Bertz CT molecular complexity index is 1020. The second kappa shape index (κ2) is 9.45. The van der Waals surface area contributed by atoms with Crippen LogP contribution < -0.4 is 14.8 Å². The average molecular weight is 430 g/mol. The Kier molecular flexibility index (Phi) is 6.75. The minimum absolute atomic E-state index is 0.0988. The first-order valence-electron chi connectivity index (χ1n) is 8.63. The van der Waals surface area contributed by atoms with E-state index in [1.54, 1.807) is 67.8 Å². The van der Waals surface area contributed by atoms with Gasteiger partial charge in [-0.15, -0.1) is 0 Å². The second-order valence-corrected chi connectivity index (χ2v) is 6.89. The van der Waals surface area contributed by atoms with Crippen molar-refractivity contribution in [2.75, 3.05) is 19.0 Å². The molecule has 3 aromatic rings. The van der Waals surface area contributed by atoms with Gasteiger partial charge in [-0.05, 0) is 66.7 Å². The SMILES string of the molecule is COc1ccc(C(=O)COc2ccc(NC(=O)c3ccc(Cl)cc3Cl)cc2)cc1. The number of methoxy groups -OCH3 is 1. The highest BCUT2D eigenvalue weighted by Gasteiger charge is 2.11. The van der Waals surface area contributed by atoms with Crippen molar-refractivity contribution in [2.45, 2.75) is 0 Å². The van der Waals surface area contributed by atoms with Crippen LogP contribution in [0.5, 0.6) is 11.5 Å². The molecule has 0 spiro atoms. The highest BCUT2D eigenvalue weighted by Crippen LogP contribution is 2.23. The van der Waals surface area contributed by atoms with Crippen LogP contribution in [-0.4, -0.2) is 25.4 Å². The van der Waals surface area contributed by atoms with Crippen LogP contribution in [0.25, 0.3) is 0 Å². The Morgan fingerprint density at radius 3 is 2.17 bits per heavy atom. The van der Waals surface area contributed by atoms with E-state index < -0.39 is 0 Å². The van der Waals surface area contributed by atoms with Gasteiger partial charge in [0, 0.05) is 16.3 Å². The standard InChI is InChI=1S/C22H17Cl2NO4/c1-28-17-7-2-14(3-8-17)21(26)13-29-18-9-5-16(6-10-18)25-22(27)19-11-4-15(23)12-20(19)24/h2-12H,13H2,1H3,(H,25,27). The van der Waals surface area contributed by atoms with Gasteiger partial charge in [-0.2, -0.15) is 0 Å². The molecule has 0 heterocycles. The normalized spacial score (nSPS) is 10.3. The zero-order valence-electron chi connectivity index (χ0n) is 15.4. The molecule has 148 valence electrons. The summed E-state index contributed by atoms with van der Waals surface area (Å²) in [6.07, 6.45) is 0. The largest absolute Gasteiger partial charge is 0.497 e. The minimum atomic E-state index is -0.352. The molecule has 29 heavy (non-hydrogen) atoms. The maximum absolute atomic E-state index is 12.3. The molecule has 7 heteroatoms. The number of rotatable bonds is 7. The Balaban J connectivity index is 1.56. The topological polar surface area (TPSA) is 64.6 Å².